The third-order valence-electron chi connectivity index (χ3n) is 16.6. The van der Waals surface area contributed by atoms with Gasteiger partial charge in [-0.05, 0) is 146 Å². The second-order valence-electron chi connectivity index (χ2n) is 20.5. The van der Waals surface area contributed by atoms with E-state index in [1.165, 1.54) is 99.4 Å². The highest BCUT2D eigenvalue weighted by Crippen LogP contribution is 2.62. The Morgan fingerprint density at radius 1 is 0.333 bits per heavy atom. The van der Waals surface area contributed by atoms with Crippen LogP contribution in [0.2, 0.25) is 0 Å². The molecule has 0 N–H and O–H groups in total. The SMILES string of the molecule is c1ccc(-c2nc(-c3ccc(-c4cccc5ccccc45)cc3)nc(-c3cc(-c4ccc(C56CC7CC(CC(C7)C5)C6)cc4)c4c(c3)-c3ccccc3C4(c3ccccc3)c3ccccc3)n2)cc1. The molecule has 10 aromatic rings. The minimum absolute atomic E-state index is 0.313. The van der Waals surface area contributed by atoms with Crippen molar-refractivity contribution in [3.63, 3.8) is 0 Å². The van der Waals surface area contributed by atoms with Crippen molar-refractivity contribution in [3.8, 4) is 67.5 Å². The zero-order valence-electron chi connectivity index (χ0n) is 38.6. The Labute approximate surface area is 404 Å². The molecule has 0 radical (unpaired) electrons. The van der Waals surface area contributed by atoms with E-state index in [-0.39, 0.29) is 0 Å². The van der Waals surface area contributed by atoms with Gasteiger partial charge < -0.3 is 0 Å². The van der Waals surface area contributed by atoms with E-state index >= 15 is 0 Å². The van der Waals surface area contributed by atoms with Crippen LogP contribution in [0.3, 0.4) is 0 Å². The molecule has 15 rings (SSSR count). The first-order valence-electron chi connectivity index (χ1n) is 25.0. The van der Waals surface area contributed by atoms with Gasteiger partial charge in [0.1, 0.15) is 0 Å². The fourth-order valence-electron chi connectivity index (χ4n) is 14.0. The second kappa shape index (κ2) is 15.9. The third-order valence-corrected chi connectivity index (χ3v) is 16.6. The Hall–Kier alpha value is -7.75. The Balaban J connectivity index is 0.986. The zero-order chi connectivity index (χ0) is 45.5. The maximum absolute atomic E-state index is 5.42. The van der Waals surface area contributed by atoms with E-state index in [0.29, 0.717) is 22.9 Å². The van der Waals surface area contributed by atoms with Crippen molar-refractivity contribution in [3.05, 3.63) is 246 Å². The van der Waals surface area contributed by atoms with Gasteiger partial charge >= 0.3 is 0 Å². The number of nitrogens with zero attached hydrogens (tertiary/aromatic N) is 3. The van der Waals surface area contributed by atoms with E-state index in [1.54, 1.807) is 5.56 Å². The lowest BCUT2D eigenvalue weighted by molar-refractivity contribution is -0.00518. The molecule has 5 aliphatic carbocycles. The maximum Gasteiger partial charge on any atom is 0.164 e. The molecule has 1 heterocycles. The highest BCUT2D eigenvalue weighted by atomic mass is 15.0. The first-order valence-corrected chi connectivity index (χ1v) is 25.0. The number of fused-ring (bicyclic) bond motifs is 4. The molecule has 4 saturated carbocycles. The van der Waals surface area contributed by atoms with Crippen LogP contribution in [-0.2, 0) is 10.8 Å². The molecule has 69 heavy (non-hydrogen) atoms. The number of hydrogen-bond donors (Lipinski definition) is 0. The monoisotopic (exact) mass is 885 g/mol. The van der Waals surface area contributed by atoms with Crippen molar-refractivity contribution in [2.75, 3.05) is 0 Å². The van der Waals surface area contributed by atoms with E-state index in [9.17, 15) is 0 Å². The van der Waals surface area contributed by atoms with E-state index in [1.807, 2.05) is 6.07 Å². The molecule has 0 atom stereocenters. The van der Waals surface area contributed by atoms with Gasteiger partial charge in [0, 0.05) is 16.7 Å². The molecule has 4 fully saturated rings. The zero-order valence-corrected chi connectivity index (χ0v) is 38.6. The first kappa shape index (κ1) is 40.3. The van der Waals surface area contributed by atoms with Gasteiger partial charge in [0.2, 0.25) is 0 Å². The average Bonchev–Trinajstić information content (AvgIpc) is 3.72. The quantitative estimate of drug-likeness (QED) is 0.153. The molecular weight excluding hydrogens is 835 g/mol. The Morgan fingerprint density at radius 3 is 1.45 bits per heavy atom. The number of benzene rings is 9. The van der Waals surface area contributed by atoms with E-state index in [2.05, 4.69) is 212 Å². The van der Waals surface area contributed by atoms with Crippen LogP contribution in [0.25, 0.3) is 78.3 Å². The van der Waals surface area contributed by atoms with E-state index < -0.39 is 5.41 Å². The summed E-state index contributed by atoms with van der Waals surface area (Å²) >= 11 is 0. The van der Waals surface area contributed by atoms with Crippen molar-refractivity contribution in [1.82, 2.24) is 15.0 Å². The van der Waals surface area contributed by atoms with Crippen LogP contribution in [0.1, 0.15) is 66.3 Å². The van der Waals surface area contributed by atoms with Crippen molar-refractivity contribution < 1.29 is 0 Å². The highest BCUT2D eigenvalue weighted by Gasteiger charge is 2.52. The molecule has 0 unspecified atom stereocenters. The molecule has 0 spiro atoms. The van der Waals surface area contributed by atoms with Crippen LogP contribution in [0.5, 0.6) is 0 Å². The van der Waals surface area contributed by atoms with Crippen LogP contribution in [-0.4, -0.2) is 15.0 Å². The summed E-state index contributed by atoms with van der Waals surface area (Å²) in [6, 6.07) is 80.3. The lowest BCUT2D eigenvalue weighted by atomic mass is 9.48. The molecule has 0 amide bonds. The standard InChI is InChI=1S/C66H51N3/c1-4-16-49(17-5-1)62-67-63(50-29-27-47(28-30-50)56-25-14-18-46-15-10-11-23-55(46)56)69-64(68-62)51-38-58(48-31-33-52(34-32-48)65-40-43-35-44(41-65)37-45(36-43)42-65)61-59(39-51)57-24-12-13-26-60(57)66(61,53-19-6-2-7-20-53)54-21-8-3-9-22-54/h1-34,38-39,43-45H,35-37,40-42H2. The molecule has 0 aliphatic heterocycles. The maximum atomic E-state index is 5.42. The van der Waals surface area contributed by atoms with Crippen LogP contribution in [0.4, 0.5) is 0 Å². The minimum atomic E-state index is -0.577. The van der Waals surface area contributed by atoms with Crippen molar-refractivity contribution in [2.45, 2.75) is 49.4 Å². The lowest BCUT2D eigenvalue weighted by Gasteiger charge is -2.57. The van der Waals surface area contributed by atoms with Gasteiger partial charge in [0.05, 0.1) is 5.41 Å². The van der Waals surface area contributed by atoms with Gasteiger partial charge in [-0.1, -0.05) is 206 Å². The predicted molar refractivity (Wildman–Crippen MR) is 282 cm³/mol. The molecule has 9 aromatic carbocycles. The highest BCUT2D eigenvalue weighted by molar-refractivity contribution is 5.97. The molecule has 3 heteroatoms. The summed E-state index contributed by atoms with van der Waals surface area (Å²) in [5.41, 5.74) is 16.4. The Kier molecular flexibility index (Phi) is 9.31. The van der Waals surface area contributed by atoms with Crippen molar-refractivity contribution in [1.29, 1.82) is 0 Å². The van der Waals surface area contributed by atoms with Crippen LogP contribution < -0.4 is 0 Å². The van der Waals surface area contributed by atoms with Gasteiger partial charge in [-0.3, -0.25) is 0 Å². The number of rotatable bonds is 8. The van der Waals surface area contributed by atoms with Crippen LogP contribution >= 0.6 is 0 Å². The van der Waals surface area contributed by atoms with Gasteiger partial charge in [-0.15, -0.1) is 0 Å². The van der Waals surface area contributed by atoms with E-state index in [0.717, 1.165) is 40.0 Å². The van der Waals surface area contributed by atoms with Gasteiger partial charge in [0.25, 0.3) is 0 Å². The lowest BCUT2D eigenvalue weighted by Crippen LogP contribution is -2.48. The molecule has 0 saturated heterocycles. The summed E-state index contributed by atoms with van der Waals surface area (Å²) < 4.78 is 0. The summed E-state index contributed by atoms with van der Waals surface area (Å²) in [6.45, 7) is 0. The Bertz CT molecular complexity index is 3480. The van der Waals surface area contributed by atoms with E-state index in [4.69, 9.17) is 15.0 Å². The number of aromatic nitrogens is 3. The summed E-state index contributed by atoms with van der Waals surface area (Å²) in [7, 11) is 0. The molecule has 3 nitrogen and oxygen atoms in total. The van der Waals surface area contributed by atoms with Gasteiger partial charge in [-0.2, -0.15) is 0 Å². The largest absolute Gasteiger partial charge is 0.208 e. The van der Waals surface area contributed by atoms with Crippen LogP contribution in [0.15, 0.2) is 218 Å². The Morgan fingerprint density at radius 2 is 0.797 bits per heavy atom. The number of hydrogen-bond acceptors (Lipinski definition) is 3. The third kappa shape index (κ3) is 6.51. The average molecular weight is 886 g/mol. The molecule has 4 bridgehead atoms. The summed E-state index contributed by atoms with van der Waals surface area (Å²) in [5, 5.41) is 2.47. The van der Waals surface area contributed by atoms with Crippen LogP contribution in [0, 0.1) is 17.8 Å². The summed E-state index contributed by atoms with van der Waals surface area (Å²) in [6.07, 6.45) is 8.38. The second-order valence-corrected chi connectivity index (χ2v) is 20.5. The molecule has 1 aromatic heterocycles. The fourth-order valence-corrected chi connectivity index (χ4v) is 14.0. The summed E-state index contributed by atoms with van der Waals surface area (Å²) in [4.78, 5) is 16.0. The molecule has 330 valence electrons. The fraction of sp³-hybridized carbons (Fsp3) is 0.167. The van der Waals surface area contributed by atoms with Crippen molar-refractivity contribution >= 4 is 10.8 Å². The smallest absolute Gasteiger partial charge is 0.164 e. The normalized spacial score (nSPS) is 20.4. The minimum Gasteiger partial charge on any atom is -0.208 e. The molecular formula is C66H51N3. The topological polar surface area (TPSA) is 38.7 Å². The molecule has 5 aliphatic rings. The first-order chi connectivity index (χ1) is 34.1. The summed E-state index contributed by atoms with van der Waals surface area (Å²) in [5.74, 6) is 4.62. The van der Waals surface area contributed by atoms with Gasteiger partial charge in [-0.25, -0.2) is 15.0 Å². The van der Waals surface area contributed by atoms with Crippen molar-refractivity contribution in [2.24, 2.45) is 17.8 Å². The predicted octanol–water partition coefficient (Wildman–Crippen LogP) is 16.2. The van der Waals surface area contributed by atoms with Gasteiger partial charge in [0.15, 0.2) is 17.5 Å².